The number of carboxylic acids is 3. The highest BCUT2D eigenvalue weighted by Crippen LogP contribution is 2.27. The maximum Gasteiger partial charge on any atom is 0.335 e. The first-order valence-corrected chi connectivity index (χ1v) is 26.6. The topological polar surface area (TPSA) is 666 Å². The van der Waals surface area contributed by atoms with Gasteiger partial charge in [0.25, 0.3) is 23.6 Å². The first-order valence-electron chi connectivity index (χ1n) is 26.6. The first-order chi connectivity index (χ1) is 40.9. The molecule has 87 heavy (non-hydrogen) atoms. The minimum Gasteiger partial charge on any atom is -0.481 e. The molecule has 488 valence electrons. The van der Waals surface area contributed by atoms with Crippen molar-refractivity contribution in [2.75, 3.05) is 19.8 Å². The van der Waals surface area contributed by atoms with E-state index in [0.29, 0.717) is 23.6 Å². The van der Waals surface area contributed by atoms with Crippen LogP contribution in [0.1, 0.15) is 64.7 Å². The van der Waals surface area contributed by atoms with E-state index in [9.17, 15) is 130 Å². The van der Waals surface area contributed by atoms with E-state index in [-0.39, 0.29) is 12.8 Å². The summed E-state index contributed by atoms with van der Waals surface area (Å²) in [6.07, 6.45) is -28.0. The molecular weight excluding hydrogens is 1180 g/mol. The Labute approximate surface area is 491 Å². The number of nitrogens with one attached hydrogen (secondary N) is 5. The zero-order valence-electron chi connectivity index (χ0n) is 46.1. The summed E-state index contributed by atoms with van der Waals surface area (Å²) >= 11 is 0. The highest BCUT2D eigenvalue weighted by Gasteiger charge is 2.48. The number of azide groups is 1. The average molecular weight is 1250 g/mol. The highest BCUT2D eigenvalue weighted by molar-refractivity contribution is 5.98. The number of aliphatic hydroxyl groups is 12. The molecule has 24 N–H and O–H groups in total. The molecule has 0 bridgehead atoms. The average Bonchev–Trinajstić information content (AvgIpc) is 1.87. The maximum atomic E-state index is 14.1. The Morgan fingerprint density at radius 2 is 0.931 bits per heavy atom. The number of hydrogen-bond acceptors (Lipinski definition) is 27. The molecule has 0 radical (unpaired) electrons. The van der Waals surface area contributed by atoms with Crippen LogP contribution >= 0.6 is 0 Å². The third kappa shape index (κ3) is 20.6. The van der Waals surface area contributed by atoms with Gasteiger partial charge in [-0.3, -0.25) is 43.2 Å². The molecule has 0 unspecified atom stereocenters. The van der Waals surface area contributed by atoms with Crippen LogP contribution in [0.4, 0.5) is 0 Å². The van der Waals surface area contributed by atoms with Gasteiger partial charge in [-0.2, -0.15) is 9.92 Å². The molecule has 0 aromatic heterocycles. The number of ether oxygens (including phenoxy) is 3. The summed E-state index contributed by atoms with van der Waals surface area (Å²) in [5, 5.41) is 168. The lowest BCUT2D eigenvalue weighted by molar-refractivity contribution is -0.147. The van der Waals surface area contributed by atoms with E-state index < -0.39 is 250 Å². The summed E-state index contributed by atoms with van der Waals surface area (Å²) in [5.41, 5.74) is 20.5. The number of amides is 7. The van der Waals surface area contributed by atoms with Gasteiger partial charge in [-0.1, -0.05) is 13.3 Å². The first kappa shape index (κ1) is 73.4. The van der Waals surface area contributed by atoms with Crippen LogP contribution in [0, 0.1) is 0 Å². The third-order valence-electron chi connectivity index (χ3n) is 13.6. The monoisotopic (exact) mass is 1250 g/mol. The number of rotatable bonds is 35. The molecule has 0 saturated carbocycles. The lowest BCUT2D eigenvalue weighted by Gasteiger charge is -2.40. The molecule has 0 aliphatic carbocycles. The van der Waals surface area contributed by atoms with Crippen molar-refractivity contribution in [3.05, 3.63) is 45.9 Å². The second-order valence-electron chi connectivity index (χ2n) is 20.0. The van der Waals surface area contributed by atoms with Gasteiger partial charge in [0.1, 0.15) is 73.1 Å². The number of nitrogens with zero attached hydrogens (tertiary/aromatic N) is 4. The normalized spacial score (nSPS) is 25.1. The van der Waals surface area contributed by atoms with Crippen molar-refractivity contribution < 1.29 is 139 Å². The highest BCUT2D eigenvalue weighted by atomic mass is 16.5. The van der Waals surface area contributed by atoms with Gasteiger partial charge in [0.05, 0.1) is 44.1 Å². The van der Waals surface area contributed by atoms with Gasteiger partial charge in [0.15, 0.2) is 35.5 Å². The van der Waals surface area contributed by atoms with Crippen LogP contribution in [-0.2, 0) is 62.2 Å². The van der Waals surface area contributed by atoms with Gasteiger partial charge < -0.3 is 129 Å². The van der Waals surface area contributed by atoms with Crippen molar-refractivity contribution in [3.8, 4) is 0 Å². The minimum atomic E-state index is -2.38. The van der Waals surface area contributed by atoms with Crippen LogP contribution in [0.15, 0.2) is 40.7 Å². The molecule has 0 aromatic rings. The van der Waals surface area contributed by atoms with Gasteiger partial charge in [-0.15, -0.1) is 5.53 Å². The van der Waals surface area contributed by atoms with Crippen molar-refractivity contribution >= 4 is 59.3 Å². The van der Waals surface area contributed by atoms with Crippen molar-refractivity contribution in [2.24, 2.45) is 16.7 Å². The molecule has 3 heterocycles. The van der Waals surface area contributed by atoms with Crippen LogP contribution in [0.5, 0.6) is 0 Å². The predicted molar refractivity (Wildman–Crippen MR) is 281 cm³/mol. The fraction of sp³-hybridized carbons (Fsp3) is 0.667. The second kappa shape index (κ2) is 34.4. The van der Waals surface area contributed by atoms with Crippen molar-refractivity contribution in [1.82, 2.24) is 31.6 Å². The fourth-order valence-electron chi connectivity index (χ4n) is 8.78. The molecule has 0 fully saturated rings. The molecular formula is C48H73N11O28. The lowest BCUT2D eigenvalue weighted by atomic mass is 9.92. The van der Waals surface area contributed by atoms with Gasteiger partial charge in [0, 0.05) is 19.3 Å². The summed E-state index contributed by atoms with van der Waals surface area (Å²) in [7, 11) is 0. The van der Waals surface area contributed by atoms with Crippen molar-refractivity contribution in [2.45, 2.75) is 180 Å². The summed E-state index contributed by atoms with van der Waals surface area (Å²) in [6, 6.07) is -13.2. The summed E-state index contributed by atoms with van der Waals surface area (Å²) in [4.78, 5) is 133. The number of carboxylic acid groups (broad SMARTS) is 3. The Morgan fingerprint density at radius 1 is 0.586 bits per heavy atom. The quantitative estimate of drug-likeness (QED) is 0.0121. The smallest absolute Gasteiger partial charge is 0.335 e. The van der Waals surface area contributed by atoms with Gasteiger partial charge >= 0.3 is 23.8 Å². The molecule has 0 aromatic carbocycles. The molecule has 7 amide bonds. The van der Waals surface area contributed by atoms with E-state index in [2.05, 4.69) is 36.7 Å². The number of aliphatic hydroxyl groups excluding tert-OH is 12. The molecule has 0 saturated heterocycles. The van der Waals surface area contributed by atoms with Gasteiger partial charge in [-0.05, 0) is 55.6 Å². The second-order valence-corrected chi connectivity index (χ2v) is 20.0. The van der Waals surface area contributed by atoms with Crippen LogP contribution in [0.3, 0.4) is 0 Å². The fourth-order valence-corrected chi connectivity index (χ4v) is 8.78. The van der Waals surface area contributed by atoms with E-state index in [1.54, 1.807) is 6.92 Å². The Morgan fingerprint density at radius 3 is 1.28 bits per heavy atom. The number of hydrogen-bond donors (Lipinski definition) is 22. The van der Waals surface area contributed by atoms with Crippen LogP contribution in [0.25, 0.3) is 10.4 Å². The van der Waals surface area contributed by atoms with Crippen LogP contribution in [-0.4, -0.2) is 276 Å². The summed E-state index contributed by atoms with van der Waals surface area (Å²) in [5.74, 6) is -17.2. The van der Waals surface area contributed by atoms with Crippen molar-refractivity contribution in [3.63, 3.8) is 0 Å². The van der Waals surface area contributed by atoms with E-state index in [1.807, 2.05) is 0 Å². The van der Waals surface area contributed by atoms with Gasteiger partial charge in [0.2, 0.25) is 11.8 Å². The number of primary amides is 1. The van der Waals surface area contributed by atoms with Crippen LogP contribution in [0.2, 0.25) is 0 Å². The van der Waals surface area contributed by atoms with Crippen molar-refractivity contribution in [1.29, 1.82) is 0 Å². The number of nitrogens with two attached hydrogens (primary N) is 2. The van der Waals surface area contributed by atoms with Gasteiger partial charge in [-0.25, -0.2) is 4.79 Å². The number of unbranched alkanes of at least 4 members (excludes halogenated alkanes) is 1. The molecule has 3 aliphatic heterocycles. The zero-order valence-corrected chi connectivity index (χ0v) is 46.1. The van der Waals surface area contributed by atoms with E-state index in [1.165, 1.54) is 0 Å². The number of carbonyl (C=O) groups is 10. The Kier molecular flexibility index (Phi) is 29.1. The summed E-state index contributed by atoms with van der Waals surface area (Å²) < 4.78 is 16.5. The molecule has 39 heteroatoms. The molecule has 19 atom stereocenters. The summed E-state index contributed by atoms with van der Waals surface area (Å²) in [6.45, 7) is -1.81. The largest absolute Gasteiger partial charge is 0.481 e. The lowest BCUT2D eigenvalue weighted by Crippen LogP contribution is -2.64. The van der Waals surface area contributed by atoms with E-state index >= 15 is 0 Å². The Bertz CT molecular complexity index is 2610. The zero-order chi connectivity index (χ0) is 65.7. The third-order valence-corrected chi connectivity index (χ3v) is 13.6. The molecule has 39 nitrogen and oxygen atoms in total. The number of carbonyl (C=O) groups excluding carboxylic acids is 7. The number of aliphatic carboxylic acids is 3. The maximum absolute atomic E-state index is 14.1. The Hall–Kier alpha value is -7.89. The molecule has 0 spiro atoms. The Balaban J connectivity index is 2.00. The molecule has 3 aliphatic rings. The standard InChI is InChI=1S/C48H73N11O28/c1-2-3-4-20(42(50)78)59(58-57-51)48(84)19(7-10-32(73)74)54-47(83)29-13-23(65)35(41(87-29)38(77)26(68)16-62)56-44(80)18(6-9-31(71)72)53-46(82)28-12-22(64)34(40(86-28)37(76)25(67)15-61)55-43(79)17(5-8-30(69)70)52-45(81)27-11-21(63)33(49)39(85-27)36(75)24(66)14-60/h11-13,17-26,33-41,60-68,75-77H,2-10,14-16,49H2,1H3,(H2,50,78)(H,52,81)(H,53,82)(H,54,83)(H,55,79)(H,56,80)(H,69,70)(H,71,72)(H,73,74)/t17-,18-,19-,20-,21-,22-,23-,24+,25+,26+,33+,34+,35+,36+,37+,38+,39+,40+,41+/m0/s1. The van der Waals surface area contributed by atoms with Crippen LogP contribution < -0.4 is 38.1 Å². The molecule has 3 rings (SSSR count). The minimum absolute atomic E-state index is 0.151. The van der Waals surface area contributed by atoms with E-state index in [0.717, 1.165) is 6.08 Å². The SMILES string of the molecule is CCCC[C@@H](C(N)=O)N(N=[N+]=[N-])C(=O)[C@H](CCC(=O)O)NC(=O)C1=C[C@H](O)[C@@H](NC(=O)[C@H](CCC(=O)O)NC(=O)C2=C[C@H](O)[C@@H](NC(=O)[C@H](CCC(=O)O)NC(=O)C3=C[C@H](O)[C@@H](N)[C@H]([C@H](O)[C@H](O)CO)O3)[C@H]([C@H](O)[C@H](O)CO)O2)[C@H]([C@H](O)[C@H](O)CO)O1. The van der Waals surface area contributed by atoms with E-state index in [4.69, 9.17) is 25.7 Å². The predicted octanol–water partition coefficient (Wildman–Crippen LogP) is -10.5.